The van der Waals surface area contributed by atoms with Crippen molar-refractivity contribution < 1.29 is 14.3 Å². The number of carbonyl (C=O) groups is 1. The van der Waals surface area contributed by atoms with Crippen molar-refractivity contribution in [2.75, 3.05) is 12.4 Å². The first kappa shape index (κ1) is 19.2. The number of methoxy groups -OCH3 is 1. The summed E-state index contributed by atoms with van der Waals surface area (Å²) in [5, 5.41) is 3.03. The Morgan fingerprint density at radius 1 is 1.11 bits per heavy atom. The molecule has 0 bridgehead atoms. The first-order valence-electron chi connectivity index (χ1n) is 8.78. The van der Waals surface area contributed by atoms with E-state index < -0.39 is 5.97 Å². The van der Waals surface area contributed by atoms with Crippen molar-refractivity contribution in [1.29, 1.82) is 0 Å². The quantitative estimate of drug-likeness (QED) is 0.634. The van der Waals surface area contributed by atoms with Crippen LogP contribution in [0.1, 0.15) is 24.2 Å². The van der Waals surface area contributed by atoms with E-state index in [0.717, 1.165) is 11.3 Å². The average molecular weight is 379 g/mol. The molecule has 0 aliphatic heterocycles. The van der Waals surface area contributed by atoms with Crippen molar-refractivity contribution in [3.63, 3.8) is 0 Å². The maximum atomic E-state index is 12.1. The summed E-state index contributed by atoms with van der Waals surface area (Å²) in [5.74, 6) is 0.580. The molecule has 0 spiro atoms. The van der Waals surface area contributed by atoms with Gasteiger partial charge < -0.3 is 14.8 Å². The molecule has 3 rings (SSSR count). The SMILES string of the molecule is COc1ccc(-c2cc(=O)[nH]c(Nc3cccc(C(=O)OC(C)C)c3)n2)cc1. The van der Waals surface area contributed by atoms with E-state index >= 15 is 0 Å². The number of esters is 1. The molecule has 0 saturated heterocycles. The van der Waals surface area contributed by atoms with Crippen molar-refractivity contribution in [2.24, 2.45) is 0 Å². The molecule has 3 aromatic rings. The highest BCUT2D eigenvalue weighted by Gasteiger charge is 2.10. The van der Waals surface area contributed by atoms with Crippen molar-refractivity contribution in [2.45, 2.75) is 20.0 Å². The zero-order valence-corrected chi connectivity index (χ0v) is 15.9. The molecule has 0 fully saturated rings. The first-order valence-corrected chi connectivity index (χ1v) is 8.78. The van der Waals surface area contributed by atoms with Gasteiger partial charge in [-0.05, 0) is 56.3 Å². The summed E-state index contributed by atoms with van der Waals surface area (Å²) in [4.78, 5) is 31.2. The molecule has 2 N–H and O–H groups in total. The molecule has 144 valence electrons. The van der Waals surface area contributed by atoms with Gasteiger partial charge in [0.05, 0.1) is 24.5 Å². The largest absolute Gasteiger partial charge is 0.497 e. The summed E-state index contributed by atoms with van der Waals surface area (Å²) in [6.07, 6.45) is -0.205. The topological polar surface area (TPSA) is 93.3 Å². The van der Waals surface area contributed by atoms with Gasteiger partial charge in [-0.15, -0.1) is 0 Å². The Morgan fingerprint density at radius 3 is 2.54 bits per heavy atom. The highest BCUT2D eigenvalue weighted by molar-refractivity contribution is 5.90. The fourth-order valence-electron chi connectivity index (χ4n) is 2.57. The van der Waals surface area contributed by atoms with Gasteiger partial charge in [-0.2, -0.15) is 0 Å². The highest BCUT2D eigenvalue weighted by Crippen LogP contribution is 2.21. The highest BCUT2D eigenvalue weighted by atomic mass is 16.5. The average Bonchev–Trinajstić information content (AvgIpc) is 2.67. The molecule has 0 saturated carbocycles. The summed E-state index contributed by atoms with van der Waals surface area (Å²) in [6, 6.07) is 15.5. The molecule has 0 radical (unpaired) electrons. The summed E-state index contributed by atoms with van der Waals surface area (Å²) >= 11 is 0. The Labute approximate surface area is 162 Å². The van der Waals surface area contributed by atoms with Gasteiger partial charge >= 0.3 is 5.97 Å². The van der Waals surface area contributed by atoms with Crippen LogP contribution < -0.4 is 15.6 Å². The van der Waals surface area contributed by atoms with Crippen molar-refractivity contribution in [3.05, 3.63) is 70.5 Å². The van der Waals surface area contributed by atoms with E-state index in [1.54, 1.807) is 57.4 Å². The standard InChI is InChI=1S/C21H21N3O4/c1-13(2)28-20(26)15-5-4-6-16(11-15)22-21-23-18(12-19(25)24-21)14-7-9-17(27-3)10-8-14/h4-13H,1-3H3,(H2,22,23,24,25). The van der Waals surface area contributed by atoms with Gasteiger partial charge in [0.25, 0.3) is 5.56 Å². The van der Waals surface area contributed by atoms with E-state index in [2.05, 4.69) is 15.3 Å². The van der Waals surface area contributed by atoms with E-state index in [9.17, 15) is 9.59 Å². The maximum absolute atomic E-state index is 12.1. The Morgan fingerprint density at radius 2 is 1.86 bits per heavy atom. The second-order valence-corrected chi connectivity index (χ2v) is 6.37. The molecule has 1 heterocycles. The number of aromatic nitrogens is 2. The number of anilines is 2. The lowest BCUT2D eigenvalue weighted by Crippen LogP contribution is -2.12. The summed E-state index contributed by atoms with van der Waals surface area (Å²) in [6.45, 7) is 3.58. The Kier molecular flexibility index (Phi) is 5.74. The molecule has 0 amide bonds. The van der Waals surface area contributed by atoms with Crippen LogP contribution in [-0.4, -0.2) is 29.2 Å². The summed E-state index contributed by atoms with van der Waals surface area (Å²) in [5.41, 5.74) is 2.02. The van der Waals surface area contributed by atoms with Crippen LogP contribution in [0.2, 0.25) is 0 Å². The molecule has 0 atom stereocenters. The number of hydrogen-bond acceptors (Lipinski definition) is 6. The Bertz CT molecular complexity index is 1030. The fourth-order valence-corrected chi connectivity index (χ4v) is 2.57. The number of benzene rings is 2. The third kappa shape index (κ3) is 4.76. The number of H-pyrrole nitrogens is 1. The van der Waals surface area contributed by atoms with E-state index in [0.29, 0.717) is 16.9 Å². The normalized spacial score (nSPS) is 10.6. The minimum atomic E-state index is -0.410. The molecule has 7 heteroatoms. The lowest BCUT2D eigenvalue weighted by molar-refractivity contribution is 0.0378. The zero-order valence-electron chi connectivity index (χ0n) is 15.9. The molecule has 0 aliphatic rings. The van der Waals surface area contributed by atoms with Gasteiger partial charge in [-0.1, -0.05) is 6.07 Å². The second-order valence-electron chi connectivity index (χ2n) is 6.37. The molecule has 0 aliphatic carbocycles. The van der Waals surface area contributed by atoms with E-state index in [-0.39, 0.29) is 17.6 Å². The number of rotatable bonds is 6. The van der Waals surface area contributed by atoms with Crippen LogP contribution in [-0.2, 0) is 4.74 Å². The van der Waals surface area contributed by atoms with E-state index in [4.69, 9.17) is 9.47 Å². The van der Waals surface area contributed by atoms with Crippen LogP contribution in [0.5, 0.6) is 5.75 Å². The van der Waals surface area contributed by atoms with Gasteiger partial charge in [0, 0.05) is 17.3 Å². The van der Waals surface area contributed by atoms with Gasteiger partial charge in [0.1, 0.15) is 5.75 Å². The van der Waals surface area contributed by atoms with Gasteiger partial charge in [0.15, 0.2) is 0 Å². The lowest BCUT2D eigenvalue weighted by atomic mass is 10.1. The predicted octanol–water partition coefficient (Wildman–Crippen LogP) is 3.75. The number of hydrogen-bond donors (Lipinski definition) is 2. The summed E-state index contributed by atoms with van der Waals surface area (Å²) < 4.78 is 10.4. The molecule has 0 unspecified atom stereocenters. The van der Waals surface area contributed by atoms with Crippen molar-refractivity contribution in [3.8, 4) is 17.0 Å². The molecule has 1 aromatic heterocycles. The van der Waals surface area contributed by atoms with Crippen molar-refractivity contribution in [1.82, 2.24) is 9.97 Å². The van der Waals surface area contributed by atoms with Gasteiger partial charge in [0.2, 0.25) is 5.95 Å². The molecular weight excluding hydrogens is 358 g/mol. The van der Waals surface area contributed by atoms with Crippen LogP contribution >= 0.6 is 0 Å². The third-order valence-electron chi connectivity index (χ3n) is 3.83. The second kappa shape index (κ2) is 8.39. The first-order chi connectivity index (χ1) is 13.4. The molecular formula is C21H21N3O4. The van der Waals surface area contributed by atoms with Crippen LogP contribution in [0.25, 0.3) is 11.3 Å². The van der Waals surface area contributed by atoms with Crippen LogP contribution in [0, 0.1) is 0 Å². The van der Waals surface area contributed by atoms with Crippen LogP contribution in [0.15, 0.2) is 59.4 Å². The number of ether oxygens (including phenoxy) is 2. The predicted molar refractivity (Wildman–Crippen MR) is 107 cm³/mol. The number of nitrogens with one attached hydrogen (secondary N) is 2. The maximum Gasteiger partial charge on any atom is 0.338 e. The smallest absolute Gasteiger partial charge is 0.338 e. The number of carbonyl (C=O) groups excluding carboxylic acids is 1. The fraction of sp³-hybridized carbons (Fsp3) is 0.190. The minimum Gasteiger partial charge on any atom is -0.497 e. The minimum absolute atomic E-state index is 0.205. The van der Waals surface area contributed by atoms with Crippen LogP contribution in [0.4, 0.5) is 11.6 Å². The number of nitrogens with zero attached hydrogens (tertiary/aromatic N) is 1. The molecule has 2 aromatic carbocycles. The zero-order chi connectivity index (χ0) is 20.1. The third-order valence-corrected chi connectivity index (χ3v) is 3.83. The van der Waals surface area contributed by atoms with Crippen molar-refractivity contribution >= 4 is 17.6 Å². The number of aromatic amines is 1. The monoisotopic (exact) mass is 379 g/mol. The van der Waals surface area contributed by atoms with E-state index in [1.807, 2.05) is 12.1 Å². The lowest BCUT2D eigenvalue weighted by Gasteiger charge is -2.10. The molecule has 28 heavy (non-hydrogen) atoms. The van der Waals surface area contributed by atoms with Crippen LogP contribution in [0.3, 0.4) is 0 Å². The molecule has 7 nitrogen and oxygen atoms in total. The Balaban J connectivity index is 1.86. The Hall–Kier alpha value is -3.61. The van der Waals surface area contributed by atoms with Gasteiger partial charge in [-0.3, -0.25) is 9.78 Å². The van der Waals surface area contributed by atoms with Gasteiger partial charge in [-0.25, -0.2) is 9.78 Å². The van der Waals surface area contributed by atoms with E-state index in [1.165, 1.54) is 6.07 Å². The summed E-state index contributed by atoms with van der Waals surface area (Å²) in [7, 11) is 1.59.